The minimum Gasteiger partial charge on any atom is -0.488 e. The Morgan fingerprint density at radius 3 is 2.53 bits per heavy atom. The van der Waals surface area contributed by atoms with Gasteiger partial charge in [-0.3, -0.25) is 9.69 Å². The Kier molecular flexibility index (Phi) is 6.52. The molecule has 5 aliphatic rings. The highest BCUT2D eigenvalue weighted by molar-refractivity contribution is 6.01. The number of rotatable bonds is 7. The first kappa shape index (κ1) is 26.8. The first-order valence-electron chi connectivity index (χ1n) is 15.7. The maximum atomic E-state index is 15.1. The van der Waals surface area contributed by atoms with Crippen LogP contribution in [0.3, 0.4) is 0 Å². The average molecular weight is 584 g/mol. The summed E-state index contributed by atoms with van der Waals surface area (Å²) in [6.45, 7) is 6.61. The van der Waals surface area contributed by atoms with Gasteiger partial charge in [0.2, 0.25) is 5.95 Å². The highest BCUT2D eigenvalue weighted by Crippen LogP contribution is 2.50. The van der Waals surface area contributed by atoms with E-state index in [0.717, 1.165) is 100 Å². The third-order valence-electron chi connectivity index (χ3n) is 9.81. The topological polar surface area (TPSA) is 85.9 Å². The average Bonchev–Trinajstić information content (AvgIpc) is 3.96. The second-order valence-electron chi connectivity index (χ2n) is 12.9. The van der Waals surface area contributed by atoms with Crippen LogP contribution >= 0.6 is 0 Å². The van der Waals surface area contributed by atoms with Crippen molar-refractivity contribution < 1.29 is 13.9 Å². The zero-order chi connectivity index (χ0) is 29.1. The first-order valence-corrected chi connectivity index (χ1v) is 15.7. The molecular weight excluding hydrogens is 545 g/mol. The van der Waals surface area contributed by atoms with E-state index in [4.69, 9.17) is 4.74 Å². The minimum atomic E-state index is -0.531. The van der Waals surface area contributed by atoms with E-state index >= 15 is 4.39 Å². The smallest absolute Gasteiger partial charge is 0.252 e. The molecule has 2 aliphatic carbocycles. The van der Waals surface area contributed by atoms with Gasteiger partial charge in [-0.15, -0.1) is 0 Å². The van der Waals surface area contributed by atoms with Crippen LogP contribution in [-0.4, -0.2) is 84.1 Å². The molecule has 1 amide bonds. The SMILES string of the molecule is CN1CCN(C2CCN(c3ccc(OC4CC4)c(Nc4ncc(F)c(-c5ccc6c(c5)C(=O)NC65CC5)n4)c3)CC2)CC1. The van der Waals surface area contributed by atoms with Gasteiger partial charge < -0.3 is 25.2 Å². The van der Waals surface area contributed by atoms with Crippen molar-refractivity contribution in [2.75, 3.05) is 56.5 Å². The van der Waals surface area contributed by atoms with E-state index < -0.39 is 5.82 Å². The summed E-state index contributed by atoms with van der Waals surface area (Å²) < 4.78 is 21.3. The van der Waals surface area contributed by atoms with Crippen molar-refractivity contribution in [2.24, 2.45) is 0 Å². The number of likely N-dealkylation sites (N-methyl/N-ethyl adjacent to an activating group) is 1. The molecule has 3 aliphatic heterocycles. The molecule has 0 unspecified atom stereocenters. The lowest BCUT2D eigenvalue weighted by molar-refractivity contribution is 0.0952. The summed E-state index contributed by atoms with van der Waals surface area (Å²) in [5.74, 6) is 0.397. The summed E-state index contributed by atoms with van der Waals surface area (Å²) in [7, 11) is 2.20. The molecule has 0 atom stereocenters. The molecular formula is C33H38FN7O2. The fourth-order valence-electron chi connectivity index (χ4n) is 6.88. The van der Waals surface area contributed by atoms with Gasteiger partial charge in [0.05, 0.1) is 23.5 Å². The molecule has 10 heteroatoms. The summed E-state index contributed by atoms with van der Waals surface area (Å²) in [5, 5.41) is 6.43. The lowest BCUT2D eigenvalue weighted by Gasteiger charge is -2.42. The predicted octanol–water partition coefficient (Wildman–Crippen LogP) is 4.52. The Labute approximate surface area is 251 Å². The lowest BCUT2D eigenvalue weighted by Crippen LogP contribution is -2.52. The van der Waals surface area contributed by atoms with E-state index in [9.17, 15) is 4.79 Å². The summed E-state index contributed by atoms with van der Waals surface area (Å²) in [6.07, 6.45) is 7.70. The highest BCUT2D eigenvalue weighted by atomic mass is 19.1. The number of piperidine rings is 1. The highest BCUT2D eigenvalue weighted by Gasteiger charge is 2.52. The summed E-state index contributed by atoms with van der Waals surface area (Å²) >= 11 is 0. The molecule has 43 heavy (non-hydrogen) atoms. The Morgan fingerprint density at radius 2 is 1.79 bits per heavy atom. The molecule has 3 aromatic rings. The number of nitrogens with zero attached hydrogens (tertiary/aromatic N) is 5. The number of aromatic nitrogens is 2. The molecule has 1 aromatic heterocycles. The third-order valence-corrected chi connectivity index (χ3v) is 9.81. The second kappa shape index (κ2) is 10.4. The van der Waals surface area contributed by atoms with E-state index in [1.165, 1.54) is 6.20 Å². The molecule has 4 heterocycles. The molecule has 2 N–H and O–H groups in total. The number of hydrogen-bond acceptors (Lipinski definition) is 8. The number of carbonyl (C=O) groups excluding carboxylic acids is 1. The van der Waals surface area contributed by atoms with Crippen LogP contribution in [0, 0.1) is 5.82 Å². The maximum Gasteiger partial charge on any atom is 0.252 e. The standard InChI is InChI=1S/C33H38FN7O2/c1-39-14-16-41(17-15-39)22-8-12-40(13-9-22)23-3-7-29(43-24-4-5-24)28(19-23)36-32-35-20-27(34)30(37-32)21-2-6-26-25(18-21)31(42)38-33(26)10-11-33/h2-3,6-7,18-20,22,24H,4-5,8-17H2,1H3,(H,38,42)(H,35,36,37). The van der Waals surface area contributed by atoms with Crippen molar-refractivity contribution in [1.82, 2.24) is 25.1 Å². The number of fused-ring (bicyclic) bond motifs is 2. The van der Waals surface area contributed by atoms with E-state index in [2.05, 4.69) is 54.5 Å². The van der Waals surface area contributed by atoms with Crippen molar-refractivity contribution in [3.8, 4) is 17.0 Å². The zero-order valence-electron chi connectivity index (χ0n) is 24.6. The van der Waals surface area contributed by atoms with Crippen LogP contribution in [-0.2, 0) is 5.54 Å². The number of piperazine rings is 1. The molecule has 0 bridgehead atoms. The number of amides is 1. The van der Waals surface area contributed by atoms with E-state index in [-0.39, 0.29) is 29.2 Å². The quantitative estimate of drug-likeness (QED) is 0.420. The lowest BCUT2D eigenvalue weighted by atomic mass is 9.99. The molecule has 2 saturated heterocycles. The zero-order valence-corrected chi connectivity index (χ0v) is 24.6. The Balaban J connectivity index is 1.03. The Morgan fingerprint density at radius 1 is 1.00 bits per heavy atom. The molecule has 4 fully saturated rings. The van der Waals surface area contributed by atoms with Crippen molar-refractivity contribution in [2.45, 2.75) is 56.2 Å². The van der Waals surface area contributed by atoms with Crippen molar-refractivity contribution in [3.05, 3.63) is 59.5 Å². The third kappa shape index (κ3) is 5.20. The fraction of sp³-hybridized carbons (Fsp3) is 0.485. The van der Waals surface area contributed by atoms with Gasteiger partial charge >= 0.3 is 0 Å². The molecule has 8 rings (SSSR count). The van der Waals surface area contributed by atoms with Crippen LogP contribution < -0.4 is 20.3 Å². The number of hydrogen-bond donors (Lipinski definition) is 2. The molecule has 2 aromatic carbocycles. The monoisotopic (exact) mass is 583 g/mol. The molecule has 1 spiro atoms. The van der Waals surface area contributed by atoms with Gasteiger partial charge in [0, 0.05) is 62.1 Å². The van der Waals surface area contributed by atoms with Gasteiger partial charge in [-0.25, -0.2) is 14.4 Å². The Bertz CT molecular complexity index is 1560. The molecule has 0 radical (unpaired) electrons. The largest absolute Gasteiger partial charge is 0.488 e. The van der Waals surface area contributed by atoms with Crippen LogP contribution in [0.5, 0.6) is 5.75 Å². The number of benzene rings is 2. The fourth-order valence-corrected chi connectivity index (χ4v) is 6.88. The number of carbonyl (C=O) groups is 1. The minimum absolute atomic E-state index is 0.103. The predicted molar refractivity (Wildman–Crippen MR) is 163 cm³/mol. The van der Waals surface area contributed by atoms with Crippen LogP contribution in [0.2, 0.25) is 0 Å². The maximum absolute atomic E-state index is 15.1. The summed E-state index contributed by atoms with van der Waals surface area (Å²) in [5.41, 5.74) is 4.00. The van der Waals surface area contributed by atoms with Gasteiger partial charge in [0.25, 0.3) is 5.91 Å². The van der Waals surface area contributed by atoms with Gasteiger partial charge in [-0.1, -0.05) is 12.1 Å². The molecule has 9 nitrogen and oxygen atoms in total. The van der Waals surface area contributed by atoms with Crippen molar-refractivity contribution in [1.29, 1.82) is 0 Å². The number of ether oxygens (including phenoxy) is 1. The van der Waals surface area contributed by atoms with Crippen LogP contribution in [0.25, 0.3) is 11.3 Å². The molecule has 2 saturated carbocycles. The van der Waals surface area contributed by atoms with Crippen LogP contribution in [0.1, 0.15) is 54.4 Å². The second-order valence-corrected chi connectivity index (χ2v) is 12.9. The van der Waals surface area contributed by atoms with Crippen LogP contribution in [0.4, 0.5) is 21.7 Å². The van der Waals surface area contributed by atoms with Crippen molar-refractivity contribution in [3.63, 3.8) is 0 Å². The van der Waals surface area contributed by atoms with Crippen molar-refractivity contribution >= 4 is 23.2 Å². The van der Waals surface area contributed by atoms with E-state index in [0.29, 0.717) is 17.2 Å². The first-order chi connectivity index (χ1) is 20.9. The van der Waals surface area contributed by atoms with E-state index in [1.54, 1.807) is 6.07 Å². The van der Waals surface area contributed by atoms with Gasteiger partial charge in [0.15, 0.2) is 5.82 Å². The summed E-state index contributed by atoms with van der Waals surface area (Å²) in [6, 6.07) is 12.4. The summed E-state index contributed by atoms with van der Waals surface area (Å²) in [4.78, 5) is 29.0. The van der Waals surface area contributed by atoms with Gasteiger partial charge in [-0.2, -0.15) is 0 Å². The number of halogens is 1. The van der Waals surface area contributed by atoms with Gasteiger partial charge in [-0.05, 0) is 75.4 Å². The number of anilines is 3. The van der Waals surface area contributed by atoms with Crippen LogP contribution in [0.15, 0.2) is 42.6 Å². The molecule has 224 valence electrons. The van der Waals surface area contributed by atoms with Gasteiger partial charge in [0.1, 0.15) is 11.4 Å². The normalized spacial score (nSPS) is 22.0. The Hall–Kier alpha value is -3.76. The van der Waals surface area contributed by atoms with E-state index in [1.807, 2.05) is 18.2 Å². The number of nitrogens with one attached hydrogen (secondary N) is 2.